The van der Waals surface area contributed by atoms with Crippen LogP contribution >= 0.6 is 0 Å². The summed E-state index contributed by atoms with van der Waals surface area (Å²) in [6.07, 6.45) is -0.489. The summed E-state index contributed by atoms with van der Waals surface area (Å²) < 4.78 is 28.8. The molecule has 2 aromatic rings. The predicted molar refractivity (Wildman–Crippen MR) is 121 cm³/mol. The van der Waals surface area contributed by atoms with Gasteiger partial charge in [0.05, 0.1) is 24.4 Å². The van der Waals surface area contributed by atoms with Gasteiger partial charge >= 0.3 is 13.2 Å². The van der Waals surface area contributed by atoms with Gasteiger partial charge in [-0.2, -0.15) is 0 Å². The van der Waals surface area contributed by atoms with Crippen LogP contribution < -0.4 is 15.5 Å². The summed E-state index contributed by atoms with van der Waals surface area (Å²) in [5.41, 5.74) is 0.493. The van der Waals surface area contributed by atoms with Crippen molar-refractivity contribution in [1.29, 1.82) is 0 Å². The SMILES string of the molecule is CC1(C)OB(c2ccc(OCC3(NC(=O)OCc4ccccc4)COC3)cc2)OC1(C)C. The van der Waals surface area contributed by atoms with E-state index >= 15 is 0 Å². The molecular weight excluding hydrogens is 409 g/mol. The molecule has 1 N–H and O–H groups in total. The number of nitrogens with one attached hydrogen (secondary N) is 1. The molecule has 2 saturated heterocycles. The molecule has 2 heterocycles. The van der Waals surface area contributed by atoms with Gasteiger partial charge < -0.3 is 28.8 Å². The Kier molecular flexibility index (Phi) is 6.20. The van der Waals surface area contributed by atoms with Gasteiger partial charge in [-0.1, -0.05) is 42.5 Å². The number of hydrogen-bond donors (Lipinski definition) is 1. The predicted octanol–water partition coefficient (Wildman–Crippen LogP) is 3.06. The second-order valence-electron chi connectivity index (χ2n) is 9.41. The van der Waals surface area contributed by atoms with E-state index < -0.39 is 18.8 Å². The van der Waals surface area contributed by atoms with Crippen LogP contribution in [0.25, 0.3) is 0 Å². The maximum Gasteiger partial charge on any atom is 0.494 e. The van der Waals surface area contributed by atoms with Crippen LogP contribution in [0.1, 0.15) is 33.3 Å². The molecule has 0 bridgehead atoms. The normalized spacial score (nSPS) is 20.3. The minimum atomic E-state index is -0.599. The average Bonchev–Trinajstić information content (AvgIpc) is 2.96. The molecule has 170 valence electrons. The van der Waals surface area contributed by atoms with Crippen molar-refractivity contribution < 1.29 is 28.3 Å². The largest absolute Gasteiger partial charge is 0.494 e. The standard InChI is InChI=1S/C24H30BNO6/c1-22(2)23(3,4)32-25(31-22)19-10-12-20(13-11-19)30-17-24(15-28-16-24)26-21(27)29-14-18-8-6-5-7-9-18/h5-13H,14-17H2,1-4H3,(H,26,27). The molecule has 0 aromatic heterocycles. The summed E-state index contributed by atoms with van der Waals surface area (Å²) in [7, 11) is -0.415. The molecule has 0 saturated carbocycles. The molecule has 4 rings (SSSR count). The molecule has 2 aliphatic heterocycles. The van der Waals surface area contributed by atoms with Gasteiger partial charge in [-0.25, -0.2) is 4.79 Å². The van der Waals surface area contributed by atoms with Crippen molar-refractivity contribution in [3.05, 3.63) is 60.2 Å². The second-order valence-corrected chi connectivity index (χ2v) is 9.41. The highest BCUT2D eigenvalue weighted by Crippen LogP contribution is 2.36. The van der Waals surface area contributed by atoms with Crippen LogP contribution in [-0.2, 0) is 25.4 Å². The lowest BCUT2D eigenvalue weighted by molar-refractivity contribution is -0.0901. The topological polar surface area (TPSA) is 75.3 Å². The number of carbonyl (C=O) groups excluding carboxylic acids is 1. The maximum atomic E-state index is 12.3. The third-order valence-corrected chi connectivity index (χ3v) is 6.26. The Hall–Kier alpha value is -2.55. The first-order chi connectivity index (χ1) is 15.2. The molecule has 2 aromatic carbocycles. The fraction of sp³-hybridized carbons (Fsp3) is 0.458. The molecule has 0 spiro atoms. The zero-order valence-electron chi connectivity index (χ0n) is 19.1. The van der Waals surface area contributed by atoms with Gasteiger partial charge in [-0.15, -0.1) is 0 Å². The second kappa shape index (κ2) is 8.77. The van der Waals surface area contributed by atoms with Crippen LogP contribution in [0.5, 0.6) is 5.75 Å². The lowest BCUT2D eigenvalue weighted by Gasteiger charge is -2.40. The van der Waals surface area contributed by atoms with E-state index in [-0.39, 0.29) is 24.4 Å². The Bertz CT molecular complexity index is 911. The van der Waals surface area contributed by atoms with E-state index in [2.05, 4.69) is 5.32 Å². The molecule has 2 fully saturated rings. The van der Waals surface area contributed by atoms with E-state index in [1.54, 1.807) is 0 Å². The van der Waals surface area contributed by atoms with Crippen molar-refractivity contribution >= 4 is 18.7 Å². The van der Waals surface area contributed by atoms with Crippen LogP contribution in [0.15, 0.2) is 54.6 Å². The summed E-state index contributed by atoms with van der Waals surface area (Å²) in [5.74, 6) is 0.691. The molecule has 0 radical (unpaired) electrons. The number of carbonyl (C=O) groups is 1. The fourth-order valence-corrected chi connectivity index (χ4v) is 3.44. The summed E-state index contributed by atoms with van der Waals surface area (Å²) in [4.78, 5) is 12.3. The zero-order valence-corrected chi connectivity index (χ0v) is 19.1. The number of ether oxygens (including phenoxy) is 3. The summed E-state index contributed by atoms with van der Waals surface area (Å²) in [5, 5.41) is 2.89. The van der Waals surface area contributed by atoms with Gasteiger partial charge in [0.2, 0.25) is 0 Å². The van der Waals surface area contributed by atoms with Gasteiger partial charge in [0.15, 0.2) is 0 Å². The molecular formula is C24H30BNO6. The van der Waals surface area contributed by atoms with Crippen molar-refractivity contribution in [3.63, 3.8) is 0 Å². The Morgan fingerprint density at radius 2 is 1.59 bits per heavy atom. The van der Waals surface area contributed by atoms with Crippen LogP contribution in [0, 0.1) is 0 Å². The number of hydrogen-bond acceptors (Lipinski definition) is 6. The molecule has 7 nitrogen and oxygen atoms in total. The highest BCUT2D eigenvalue weighted by Gasteiger charge is 2.51. The number of rotatable bonds is 7. The van der Waals surface area contributed by atoms with Crippen molar-refractivity contribution in [2.24, 2.45) is 0 Å². The summed E-state index contributed by atoms with van der Waals surface area (Å²) >= 11 is 0. The van der Waals surface area contributed by atoms with E-state index in [9.17, 15) is 4.79 Å². The minimum Gasteiger partial charge on any atom is -0.491 e. The molecule has 8 heteroatoms. The van der Waals surface area contributed by atoms with Gasteiger partial charge in [0.25, 0.3) is 0 Å². The zero-order chi connectivity index (χ0) is 22.8. The third kappa shape index (κ3) is 4.93. The highest BCUT2D eigenvalue weighted by atomic mass is 16.7. The first-order valence-corrected chi connectivity index (χ1v) is 10.8. The molecule has 1 amide bonds. The fourth-order valence-electron chi connectivity index (χ4n) is 3.44. The first-order valence-electron chi connectivity index (χ1n) is 10.8. The Morgan fingerprint density at radius 1 is 0.969 bits per heavy atom. The smallest absolute Gasteiger partial charge is 0.491 e. The average molecular weight is 439 g/mol. The van der Waals surface area contributed by atoms with Crippen LogP contribution in [-0.4, -0.2) is 49.8 Å². The van der Waals surface area contributed by atoms with Crippen LogP contribution in [0.2, 0.25) is 0 Å². The van der Waals surface area contributed by atoms with Crippen molar-refractivity contribution in [2.75, 3.05) is 19.8 Å². The number of benzene rings is 2. The van der Waals surface area contributed by atoms with E-state index in [0.717, 1.165) is 11.0 Å². The van der Waals surface area contributed by atoms with E-state index in [4.69, 9.17) is 23.5 Å². The van der Waals surface area contributed by atoms with E-state index in [1.165, 1.54) is 0 Å². The van der Waals surface area contributed by atoms with Crippen molar-refractivity contribution in [1.82, 2.24) is 5.32 Å². The number of alkyl carbamates (subject to hydrolysis) is 1. The van der Waals surface area contributed by atoms with Crippen LogP contribution in [0.4, 0.5) is 4.79 Å². The Balaban J connectivity index is 1.29. The monoisotopic (exact) mass is 439 g/mol. The quantitative estimate of drug-likeness (QED) is 0.669. The van der Waals surface area contributed by atoms with E-state index in [0.29, 0.717) is 19.0 Å². The molecule has 0 atom stereocenters. The Morgan fingerprint density at radius 3 is 2.16 bits per heavy atom. The summed E-state index contributed by atoms with van der Waals surface area (Å²) in [6.45, 7) is 9.36. The van der Waals surface area contributed by atoms with E-state index in [1.807, 2.05) is 82.3 Å². The van der Waals surface area contributed by atoms with Crippen LogP contribution in [0.3, 0.4) is 0 Å². The lowest BCUT2D eigenvalue weighted by Crippen LogP contribution is -2.65. The van der Waals surface area contributed by atoms with Crippen molar-refractivity contribution in [2.45, 2.75) is 51.0 Å². The first kappa shape index (κ1) is 22.6. The minimum absolute atomic E-state index is 0.213. The Labute approximate surface area is 189 Å². The van der Waals surface area contributed by atoms with Crippen molar-refractivity contribution in [3.8, 4) is 5.75 Å². The number of amides is 1. The summed E-state index contributed by atoms with van der Waals surface area (Å²) in [6, 6.07) is 17.2. The highest BCUT2D eigenvalue weighted by molar-refractivity contribution is 6.62. The lowest BCUT2D eigenvalue weighted by atomic mass is 9.79. The third-order valence-electron chi connectivity index (χ3n) is 6.26. The van der Waals surface area contributed by atoms with Gasteiger partial charge in [0, 0.05) is 0 Å². The molecule has 32 heavy (non-hydrogen) atoms. The molecule has 0 unspecified atom stereocenters. The molecule has 2 aliphatic rings. The molecule has 0 aliphatic carbocycles. The van der Waals surface area contributed by atoms with Gasteiger partial charge in [-0.05, 0) is 50.9 Å². The van der Waals surface area contributed by atoms with Gasteiger partial charge in [-0.3, -0.25) is 0 Å². The van der Waals surface area contributed by atoms with Gasteiger partial charge in [0.1, 0.15) is 24.5 Å². The maximum absolute atomic E-state index is 12.3.